The van der Waals surface area contributed by atoms with Gasteiger partial charge in [-0.15, -0.1) is 11.3 Å². The Hall–Kier alpha value is -1.79. The second-order valence-corrected chi connectivity index (χ2v) is 5.07. The number of ether oxygens (including phenoxy) is 1. The summed E-state index contributed by atoms with van der Waals surface area (Å²) in [6.45, 7) is 4.50. The van der Waals surface area contributed by atoms with Crippen LogP contribution in [-0.2, 0) is 16.1 Å². The molecular formula is C14H17N3O2S. The fraction of sp³-hybridized carbons (Fsp3) is 0.357. The van der Waals surface area contributed by atoms with E-state index in [1.54, 1.807) is 31.4 Å². The molecule has 0 aliphatic carbocycles. The Balaban J connectivity index is 1.92. The van der Waals surface area contributed by atoms with Crippen molar-refractivity contribution < 1.29 is 9.53 Å². The van der Waals surface area contributed by atoms with Gasteiger partial charge in [-0.05, 0) is 26.0 Å². The molecule has 0 radical (unpaired) electrons. The molecule has 6 heteroatoms. The molecule has 0 saturated heterocycles. The van der Waals surface area contributed by atoms with Crippen LogP contribution in [0.1, 0.15) is 19.5 Å². The van der Waals surface area contributed by atoms with E-state index in [-0.39, 0.29) is 12.0 Å². The molecule has 2 aromatic heterocycles. The Morgan fingerprint density at radius 1 is 1.50 bits per heavy atom. The minimum atomic E-state index is -0.338. The fourth-order valence-corrected chi connectivity index (χ4v) is 2.40. The number of nitrogens with one attached hydrogen (secondary N) is 1. The summed E-state index contributed by atoms with van der Waals surface area (Å²) < 4.78 is 4.94. The normalized spacial score (nSPS) is 12.1. The lowest BCUT2D eigenvalue weighted by Gasteiger charge is -2.11. The number of carbonyl (C=O) groups is 1. The lowest BCUT2D eigenvalue weighted by Crippen LogP contribution is -2.34. The van der Waals surface area contributed by atoms with E-state index >= 15 is 0 Å². The predicted molar refractivity (Wildman–Crippen MR) is 78.3 cm³/mol. The summed E-state index contributed by atoms with van der Waals surface area (Å²) in [6.07, 6.45) is 1.75. The monoisotopic (exact) mass is 291 g/mol. The van der Waals surface area contributed by atoms with Crippen LogP contribution < -0.4 is 5.32 Å². The molecule has 5 nitrogen and oxygen atoms in total. The van der Waals surface area contributed by atoms with Gasteiger partial charge in [0.25, 0.3) is 0 Å². The van der Waals surface area contributed by atoms with Gasteiger partial charge in [-0.25, -0.2) is 4.98 Å². The first-order valence-electron chi connectivity index (χ1n) is 6.46. The Morgan fingerprint density at radius 3 is 3.05 bits per heavy atom. The predicted octanol–water partition coefficient (Wildman–Crippen LogP) is 2.25. The Morgan fingerprint density at radius 2 is 2.35 bits per heavy atom. The van der Waals surface area contributed by atoms with Gasteiger partial charge in [0, 0.05) is 18.1 Å². The van der Waals surface area contributed by atoms with Crippen LogP contribution >= 0.6 is 11.3 Å². The van der Waals surface area contributed by atoms with Gasteiger partial charge in [0.2, 0.25) is 0 Å². The fourth-order valence-electron chi connectivity index (χ4n) is 1.60. The molecule has 0 bridgehead atoms. The Labute approximate surface area is 122 Å². The minimum absolute atomic E-state index is 0.243. The summed E-state index contributed by atoms with van der Waals surface area (Å²) in [7, 11) is 0. The first-order valence-corrected chi connectivity index (χ1v) is 7.34. The standard InChI is InChI=1S/C14H17N3O2S/c1-3-19-14(18)10(2)16-8-11-9-20-13(17-11)12-6-4-5-7-15-12/h4-7,9-10,16H,3,8H2,1-2H3. The number of hydrogen-bond acceptors (Lipinski definition) is 6. The first-order chi connectivity index (χ1) is 9.70. The lowest BCUT2D eigenvalue weighted by molar-refractivity contribution is -0.145. The van der Waals surface area contributed by atoms with Crippen LogP contribution in [0.2, 0.25) is 0 Å². The summed E-state index contributed by atoms with van der Waals surface area (Å²) in [5.41, 5.74) is 1.76. The number of pyridine rings is 1. The average Bonchev–Trinajstić information content (AvgIpc) is 2.95. The highest BCUT2D eigenvalue weighted by atomic mass is 32.1. The topological polar surface area (TPSA) is 64.1 Å². The van der Waals surface area contributed by atoms with Gasteiger partial charge in [0.05, 0.1) is 18.0 Å². The smallest absolute Gasteiger partial charge is 0.322 e. The van der Waals surface area contributed by atoms with Crippen molar-refractivity contribution in [1.82, 2.24) is 15.3 Å². The molecule has 0 aromatic carbocycles. The van der Waals surface area contributed by atoms with Crippen molar-refractivity contribution in [3.63, 3.8) is 0 Å². The molecule has 0 spiro atoms. The molecule has 106 valence electrons. The van der Waals surface area contributed by atoms with Gasteiger partial charge >= 0.3 is 5.97 Å². The van der Waals surface area contributed by atoms with E-state index in [2.05, 4.69) is 15.3 Å². The number of nitrogens with zero attached hydrogens (tertiary/aromatic N) is 2. The molecule has 20 heavy (non-hydrogen) atoms. The molecule has 0 aliphatic heterocycles. The minimum Gasteiger partial charge on any atom is -0.465 e. The zero-order valence-electron chi connectivity index (χ0n) is 11.5. The Bertz CT molecular complexity index is 557. The van der Waals surface area contributed by atoms with Crippen LogP contribution in [0, 0.1) is 0 Å². The van der Waals surface area contributed by atoms with Crippen LogP contribution in [0.3, 0.4) is 0 Å². The molecule has 0 aliphatic rings. The van der Waals surface area contributed by atoms with Gasteiger partial charge in [-0.3, -0.25) is 15.1 Å². The molecular weight excluding hydrogens is 274 g/mol. The second-order valence-electron chi connectivity index (χ2n) is 4.21. The lowest BCUT2D eigenvalue weighted by atomic mass is 10.3. The van der Waals surface area contributed by atoms with Crippen molar-refractivity contribution in [1.29, 1.82) is 0 Å². The SMILES string of the molecule is CCOC(=O)C(C)NCc1csc(-c2ccccn2)n1. The van der Waals surface area contributed by atoms with E-state index in [9.17, 15) is 4.79 Å². The van der Waals surface area contributed by atoms with Gasteiger partial charge in [0.1, 0.15) is 11.0 Å². The highest BCUT2D eigenvalue weighted by molar-refractivity contribution is 7.13. The van der Waals surface area contributed by atoms with Crippen molar-refractivity contribution in [3.05, 3.63) is 35.5 Å². The summed E-state index contributed by atoms with van der Waals surface area (Å²) in [6, 6.07) is 5.40. The third-order valence-electron chi connectivity index (χ3n) is 2.67. The van der Waals surface area contributed by atoms with Gasteiger partial charge in [-0.1, -0.05) is 6.07 Å². The largest absolute Gasteiger partial charge is 0.465 e. The van der Waals surface area contributed by atoms with Crippen LogP contribution in [0.5, 0.6) is 0 Å². The zero-order chi connectivity index (χ0) is 14.4. The number of aromatic nitrogens is 2. The Kier molecular flexibility index (Phi) is 5.20. The van der Waals surface area contributed by atoms with Crippen molar-refractivity contribution in [2.75, 3.05) is 6.61 Å². The van der Waals surface area contributed by atoms with E-state index < -0.39 is 0 Å². The molecule has 2 aromatic rings. The first kappa shape index (κ1) is 14.6. The summed E-state index contributed by atoms with van der Waals surface area (Å²) >= 11 is 1.54. The second kappa shape index (κ2) is 7.12. The van der Waals surface area contributed by atoms with Gasteiger partial charge < -0.3 is 4.74 Å². The number of rotatable bonds is 6. The van der Waals surface area contributed by atoms with Crippen molar-refractivity contribution >= 4 is 17.3 Å². The average molecular weight is 291 g/mol. The summed E-state index contributed by atoms with van der Waals surface area (Å²) in [5.74, 6) is -0.243. The van der Waals surface area contributed by atoms with Gasteiger partial charge in [0.15, 0.2) is 0 Å². The van der Waals surface area contributed by atoms with Crippen molar-refractivity contribution in [2.45, 2.75) is 26.4 Å². The molecule has 0 saturated carbocycles. The van der Waals surface area contributed by atoms with Crippen LogP contribution in [-0.4, -0.2) is 28.6 Å². The maximum Gasteiger partial charge on any atom is 0.322 e. The van der Waals surface area contributed by atoms with Gasteiger partial charge in [-0.2, -0.15) is 0 Å². The van der Waals surface area contributed by atoms with Crippen LogP contribution in [0.15, 0.2) is 29.8 Å². The molecule has 2 rings (SSSR count). The quantitative estimate of drug-likeness (QED) is 0.827. The molecule has 1 atom stereocenters. The molecule has 1 N–H and O–H groups in total. The molecule has 0 fully saturated rings. The maximum absolute atomic E-state index is 11.5. The van der Waals surface area contributed by atoms with Crippen molar-refractivity contribution in [3.8, 4) is 10.7 Å². The number of hydrogen-bond donors (Lipinski definition) is 1. The van der Waals surface area contributed by atoms with Crippen LogP contribution in [0.25, 0.3) is 10.7 Å². The van der Waals surface area contributed by atoms with E-state index in [0.717, 1.165) is 16.4 Å². The number of carbonyl (C=O) groups excluding carboxylic acids is 1. The maximum atomic E-state index is 11.5. The van der Waals surface area contributed by atoms with E-state index in [1.165, 1.54) is 0 Å². The third-order valence-corrected chi connectivity index (χ3v) is 3.58. The zero-order valence-corrected chi connectivity index (χ0v) is 12.3. The summed E-state index contributed by atoms with van der Waals surface area (Å²) in [4.78, 5) is 20.2. The molecule has 1 unspecified atom stereocenters. The van der Waals surface area contributed by atoms with Crippen LogP contribution in [0.4, 0.5) is 0 Å². The molecule has 2 heterocycles. The third kappa shape index (κ3) is 3.85. The molecule has 0 amide bonds. The number of esters is 1. The van der Waals surface area contributed by atoms with E-state index in [0.29, 0.717) is 13.2 Å². The van der Waals surface area contributed by atoms with Crippen molar-refractivity contribution in [2.24, 2.45) is 0 Å². The highest BCUT2D eigenvalue weighted by Crippen LogP contribution is 2.21. The summed E-state index contributed by atoms with van der Waals surface area (Å²) in [5, 5.41) is 5.95. The van der Waals surface area contributed by atoms with E-state index in [1.807, 2.05) is 23.6 Å². The number of thiazole rings is 1. The van der Waals surface area contributed by atoms with E-state index in [4.69, 9.17) is 4.74 Å². The highest BCUT2D eigenvalue weighted by Gasteiger charge is 2.13.